The molecule has 1 aromatic carbocycles. The first-order valence-electron chi connectivity index (χ1n) is 5.92. The van der Waals surface area contributed by atoms with Crippen molar-refractivity contribution in [3.05, 3.63) is 29.3 Å². The summed E-state index contributed by atoms with van der Waals surface area (Å²) in [6, 6.07) is 7.87. The predicted octanol–water partition coefficient (Wildman–Crippen LogP) is 3.09. The summed E-state index contributed by atoms with van der Waals surface area (Å²) in [6.45, 7) is 3.31. The van der Waals surface area contributed by atoms with Gasteiger partial charge in [-0.2, -0.15) is 0 Å². The van der Waals surface area contributed by atoms with Gasteiger partial charge in [-0.15, -0.1) is 0 Å². The zero-order chi connectivity index (χ0) is 11.4. The first kappa shape index (κ1) is 11.7. The monoisotopic (exact) mass is 238 g/mol. The van der Waals surface area contributed by atoms with E-state index in [2.05, 4.69) is 17.3 Å². The molecule has 0 bridgehead atoms. The lowest BCUT2D eigenvalue weighted by atomic mass is 10.3. The van der Waals surface area contributed by atoms with Gasteiger partial charge in [-0.05, 0) is 44.0 Å². The summed E-state index contributed by atoms with van der Waals surface area (Å²) >= 11 is 5.91. The number of hydrogen-bond donors (Lipinski definition) is 1. The van der Waals surface area contributed by atoms with Crippen molar-refractivity contribution >= 4 is 17.3 Å². The third-order valence-electron chi connectivity index (χ3n) is 2.91. The molecule has 0 atom stereocenters. The Bertz CT molecular complexity index is 336. The first-order chi connectivity index (χ1) is 7.74. The molecule has 1 aromatic rings. The second-order valence-corrected chi connectivity index (χ2v) is 5.08. The SMILES string of the molecule is CN(CCNc1cccc(Cl)c1)CC1CC1. The van der Waals surface area contributed by atoms with Crippen molar-refractivity contribution in [2.45, 2.75) is 12.8 Å². The van der Waals surface area contributed by atoms with Gasteiger partial charge in [0.2, 0.25) is 0 Å². The molecule has 0 aromatic heterocycles. The molecule has 1 fully saturated rings. The number of likely N-dealkylation sites (N-methyl/N-ethyl adjacent to an activating group) is 1. The van der Waals surface area contributed by atoms with Crippen LogP contribution in [-0.4, -0.2) is 31.6 Å². The molecule has 0 saturated heterocycles. The maximum atomic E-state index is 5.91. The van der Waals surface area contributed by atoms with E-state index in [0.717, 1.165) is 29.7 Å². The van der Waals surface area contributed by atoms with E-state index >= 15 is 0 Å². The van der Waals surface area contributed by atoms with Crippen molar-refractivity contribution in [3.8, 4) is 0 Å². The van der Waals surface area contributed by atoms with Gasteiger partial charge in [-0.25, -0.2) is 0 Å². The highest BCUT2D eigenvalue weighted by Gasteiger charge is 2.22. The number of anilines is 1. The Morgan fingerprint density at radius 2 is 2.25 bits per heavy atom. The Kier molecular flexibility index (Phi) is 4.08. The Morgan fingerprint density at radius 3 is 2.94 bits per heavy atom. The van der Waals surface area contributed by atoms with Crippen LogP contribution in [0.2, 0.25) is 5.02 Å². The summed E-state index contributed by atoms with van der Waals surface area (Å²) in [5.74, 6) is 0.969. The van der Waals surface area contributed by atoms with Gasteiger partial charge in [-0.1, -0.05) is 17.7 Å². The molecule has 88 valence electrons. The van der Waals surface area contributed by atoms with E-state index < -0.39 is 0 Å². The third-order valence-corrected chi connectivity index (χ3v) is 3.15. The molecule has 2 rings (SSSR count). The van der Waals surface area contributed by atoms with Crippen LogP contribution in [-0.2, 0) is 0 Å². The largest absolute Gasteiger partial charge is 0.384 e. The van der Waals surface area contributed by atoms with E-state index in [-0.39, 0.29) is 0 Å². The molecule has 0 aliphatic heterocycles. The van der Waals surface area contributed by atoms with Crippen molar-refractivity contribution in [2.75, 3.05) is 32.0 Å². The minimum Gasteiger partial charge on any atom is -0.384 e. The molecule has 0 radical (unpaired) electrons. The van der Waals surface area contributed by atoms with Gasteiger partial charge in [-0.3, -0.25) is 0 Å². The van der Waals surface area contributed by atoms with E-state index in [1.807, 2.05) is 24.3 Å². The van der Waals surface area contributed by atoms with Crippen LogP contribution >= 0.6 is 11.6 Å². The fraction of sp³-hybridized carbons (Fsp3) is 0.538. The molecule has 0 heterocycles. The highest BCUT2D eigenvalue weighted by molar-refractivity contribution is 6.30. The van der Waals surface area contributed by atoms with Gasteiger partial charge in [0.05, 0.1) is 0 Å². The number of halogens is 1. The molecule has 1 N–H and O–H groups in total. The molecular formula is C13H19ClN2. The fourth-order valence-corrected chi connectivity index (χ4v) is 2.01. The Balaban J connectivity index is 1.66. The average Bonchev–Trinajstić information content (AvgIpc) is 3.02. The van der Waals surface area contributed by atoms with Crippen LogP contribution in [0.1, 0.15) is 12.8 Å². The van der Waals surface area contributed by atoms with Crippen LogP contribution in [0, 0.1) is 5.92 Å². The highest BCUT2D eigenvalue weighted by atomic mass is 35.5. The van der Waals surface area contributed by atoms with Crippen molar-refractivity contribution in [1.82, 2.24) is 4.90 Å². The van der Waals surface area contributed by atoms with Crippen LogP contribution in [0.3, 0.4) is 0 Å². The van der Waals surface area contributed by atoms with Gasteiger partial charge < -0.3 is 10.2 Å². The third kappa shape index (κ3) is 4.03. The lowest BCUT2D eigenvalue weighted by Gasteiger charge is -2.16. The number of nitrogens with one attached hydrogen (secondary N) is 1. The van der Waals surface area contributed by atoms with E-state index in [1.165, 1.54) is 19.4 Å². The normalized spacial score (nSPS) is 15.4. The molecule has 0 unspecified atom stereocenters. The summed E-state index contributed by atoms with van der Waals surface area (Å²) in [6.07, 6.45) is 2.85. The second-order valence-electron chi connectivity index (χ2n) is 4.64. The van der Waals surface area contributed by atoms with Crippen LogP contribution in [0.25, 0.3) is 0 Å². The molecule has 16 heavy (non-hydrogen) atoms. The number of hydrogen-bond acceptors (Lipinski definition) is 2. The van der Waals surface area contributed by atoms with Crippen LogP contribution in [0.5, 0.6) is 0 Å². The molecule has 0 amide bonds. The maximum Gasteiger partial charge on any atom is 0.0426 e. The average molecular weight is 239 g/mol. The zero-order valence-corrected chi connectivity index (χ0v) is 10.5. The summed E-state index contributed by atoms with van der Waals surface area (Å²) in [4.78, 5) is 2.40. The number of nitrogens with zero attached hydrogens (tertiary/aromatic N) is 1. The first-order valence-corrected chi connectivity index (χ1v) is 6.30. The van der Waals surface area contributed by atoms with Crippen molar-refractivity contribution in [1.29, 1.82) is 0 Å². The summed E-state index contributed by atoms with van der Waals surface area (Å²) in [5.41, 5.74) is 1.10. The van der Waals surface area contributed by atoms with E-state index in [1.54, 1.807) is 0 Å². The molecule has 2 nitrogen and oxygen atoms in total. The summed E-state index contributed by atoms with van der Waals surface area (Å²) in [7, 11) is 2.19. The quantitative estimate of drug-likeness (QED) is 0.820. The summed E-state index contributed by atoms with van der Waals surface area (Å²) in [5, 5.41) is 4.17. The van der Waals surface area contributed by atoms with Crippen molar-refractivity contribution in [2.24, 2.45) is 5.92 Å². The Hall–Kier alpha value is -0.730. The Labute approximate surface area is 103 Å². The van der Waals surface area contributed by atoms with E-state index in [0.29, 0.717) is 0 Å². The van der Waals surface area contributed by atoms with Gasteiger partial charge >= 0.3 is 0 Å². The molecule has 1 aliphatic carbocycles. The topological polar surface area (TPSA) is 15.3 Å². The minimum atomic E-state index is 0.788. The van der Waals surface area contributed by atoms with Crippen molar-refractivity contribution < 1.29 is 0 Å². The van der Waals surface area contributed by atoms with Crippen LogP contribution in [0.4, 0.5) is 5.69 Å². The molecule has 1 aliphatic rings. The lowest BCUT2D eigenvalue weighted by molar-refractivity contribution is 0.332. The van der Waals surface area contributed by atoms with Gasteiger partial charge in [0, 0.05) is 30.3 Å². The fourth-order valence-electron chi connectivity index (χ4n) is 1.82. The summed E-state index contributed by atoms with van der Waals surface area (Å²) < 4.78 is 0. The van der Waals surface area contributed by atoms with Crippen LogP contribution in [0.15, 0.2) is 24.3 Å². The molecular weight excluding hydrogens is 220 g/mol. The molecule has 3 heteroatoms. The number of rotatable bonds is 6. The van der Waals surface area contributed by atoms with Gasteiger partial charge in [0.15, 0.2) is 0 Å². The van der Waals surface area contributed by atoms with E-state index in [4.69, 9.17) is 11.6 Å². The second kappa shape index (κ2) is 5.55. The maximum absolute atomic E-state index is 5.91. The molecule has 1 saturated carbocycles. The van der Waals surface area contributed by atoms with Crippen LogP contribution < -0.4 is 5.32 Å². The highest BCUT2D eigenvalue weighted by Crippen LogP contribution is 2.29. The van der Waals surface area contributed by atoms with Crippen molar-refractivity contribution in [3.63, 3.8) is 0 Å². The zero-order valence-electron chi connectivity index (χ0n) is 9.75. The van der Waals surface area contributed by atoms with Gasteiger partial charge in [0.1, 0.15) is 0 Å². The molecule has 0 spiro atoms. The smallest absolute Gasteiger partial charge is 0.0426 e. The van der Waals surface area contributed by atoms with Gasteiger partial charge in [0.25, 0.3) is 0 Å². The minimum absolute atomic E-state index is 0.788. The number of benzene rings is 1. The lowest BCUT2D eigenvalue weighted by Crippen LogP contribution is -2.27. The predicted molar refractivity (Wildman–Crippen MR) is 70.2 cm³/mol. The van der Waals surface area contributed by atoms with E-state index in [9.17, 15) is 0 Å². The standard InChI is InChI=1S/C13H19ClN2/c1-16(10-11-5-6-11)8-7-15-13-4-2-3-12(14)9-13/h2-4,9,11,15H,5-8,10H2,1H3. The Morgan fingerprint density at radius 1 is 1.44 bits per heavy atom.